The molecule has 7 heteroatoms. The fraction of sp³-hybridized carbons (Fsp3) is 0.654. The van der Waals surface area contributed by atoms with Crippen molar-refractivity contribution in [3.05, 3.63) is 29.8 Å². The van der Waals surface area contributed by atoms with Crippen molar-refractivity contribution < 1.29 is 19.1 Å². The second-order valence-corrected chi connectivity index (χ2v) is 11.3. The van der Waals surface area contributed by atoms with Crippen molar-refractivity contribution in [3.63, 3.8) is 0 Å². The number of rotatable bonds is 4. The number of imide groups is 1. The molecule has 4 saturated carbocycles. The molecule has 0 aromatic heterocycles. The Balaban J connectivity index is 1.07. The van der Waals surface area contributed by atoms with Gasteiger partial charge in [0, 0.05) is 13.1 Å². The van der Waals surface area contributed by atoms with E-state index >= 15 is 0 Å². The first-order chi connectivity index (χ1) is 15.8. The maximum absolute atomic E-state index is 13.0. The molecule has 1 atom stereocenters. The molecule has 1 unspecified atom stereocenters. The van der Waals surface area contributed by atoms with Gasteiger partial charge < -0.3 is 15.0 Å². The summed E-state index contributed by atoms with van der Waals surface area (Å²) in [5, 5.41) is 5.04. The van der Waals surface area contributed by atoms with Gasteiger partial charge in [0.05, 0.1) is 0 Å². The summed E-state index contributed by atoms with van der Waals surface area (Å²) < 4.78 is 6.02. The highest BCUT2D eigenvalue weighted by Gasteiger charge is 2.51. The predicted octanol–water partition coefficient (Wildman–Crippen LogP) is 3.12. The summed E-state index contributed by atoms with van der Waals surface area (Å²) in [5.41, 5.74) is 0.942. The van der Waals surface area contributed by atoms with Crippen LogP contribution in [-0.4, -0.2) is 47.5 Å². The zero-order valence-electron chi connectivity index (χ0n) is 19.3. The normalized spacial score (nSPS) is 34.8. The SMILES string of the molecule is CC(Oc1ccc(C23CC4CC(CC(C4)C2)C3)cc1)C(=O)N1CCC2(CC1)NC(=O)NC2=O. The van der Waals surface area contributed by atoms with Crippen molar-refractivity contribution in [2.45, 2.75) is 75.3 Å². The van der Waals surface area contributed by atoms with Crippen molar-refractivity contribution in [3.8, 4) is 5.75 Å². The molecule has 2 saturated heterocycles. The van der Waals surface area contributed by atoms with Gasteiger partial charge in [-0.2, -0.15) is 0 Å². The Morgan fingerprint density at radius 1 is 1.00 bits per heavy atom. The van der Waals surface area contributed by atoms with Crippen molar-refractivity contribution in [2.24, 2.45) is 17.8 Å². The van der Waals surface area contributed by atoms with E-state index in [1.807, 2.05) is 12.1 Å². The first kappa shape index (κ1) is 21.0. The third-order valence-electron chi connectivity index (χ3n) is 9.11. The average molecular weight is 452 g/mol. The van der Waals surface area contributed by atoms with Gasteiger partial charge in [-0.1, -0.05) is 12.1 Å². The van der Waals surface area contributed by atoms with Gasteiger partial charge in [0.15, 0.2) is 6.10 Å². The van der Waals surface area contributed by atoms with Crippen molar-refractivity contribution in [1.29, 1.82) is 0 Å². The number of ether oxygens (including phenoxy) is 1. The van der Waals surface area contributed by atoms with E-state index in [1.165, 1.54) is 44.1 Å². The minimum atomic E-state index is -0.870. The van der Waals surface area contributed by atoms with Crippen LogP contribution in [0, 0.1) is 17.8 Å². The lowest BCUT2D eigenvalue weighted by Gasteiger charge is -2.57. The summed E-state index contributed by atoms with van der Waals surface area (Å²) >= 11 is 0. The van der Waals surface area contributed by atoms with E-state index in [0.29, 0.717) is 31.3 Å². The molecule has 176 valence electrons. The fourth-order valence-electron chi connectivity index (χ4n) is 7.85. The van der Waals surface area contributed by atoms with Gasteiger partial charge in [0.1, 0.15) is 11.3 Å². The Hall–Kier alpha value is -2.57. The second-order valence-electron chi connectivity index (χ2n) is 11.3. The number of piperidine rings is 1. The van der Waals surface area contributed by atoms with Gasteiger partial charge in [0.25, 0.3) is 11.8 Å². The minimum Gasteiger partial charge on any atom is -0.481 e. The Morgan fingerprint density at radius 2 is 1.58 bits per heavy atom. The maximum Gasteiger partial charge on any atom is 0.322 e. The topological polar surface area (TPSA) is 87.7 Å². The quantitative estimate of drug-likeness (QED) is 0.689. The van der Waals surface area contributed by atoms with Crippen LogP contribution in [0.5, 0.6) is 5.75 Å². The highest BCUT2D eigenvalue weighted by atomic mass is 16.5. The summed E-state index contributed by atoms with van der Waals surface area (Å²) in [6.07, 6.45) is 8.57. The Labute approximate surface area is 194 Å². The number of amides is 4. The number of hydrogen-bond acceptors (Lipinski definition) is 4. The van der Waals surface area contributed by atoms with E-state index in [-0.39, 0.29) is 11.8 Å². The molecular weight excluding hydrogens is 418 g/mol. The van der Waals surface area contributed by atoms with Crippen LogP contribution in [0.2, 0.25) is 0 Å². The molecular formula is C26H33N3O4. The Morgan fingerprint density at radius 3 is 2.09 bits per heavy atom. The summed E-state index contributed by atoms with van der Waals surface area (Å²) in [4.78, 5) is 38.3. The molecule has 2 N–H and O–H groups in total. The molecule has 1 spiro atoms. The van der Waals surface area contributed by atoms with Crippen molar-refractivity contribution in [1.82, 2.24) is 15.5 Å². The molecule has 4 bridgehead atoms. The summed E-state index contributed by atoms with van der Waals surface area (Å²) in [6.45, 7) is 2.63. The maximum atomic E-state index is 13.0. The monoisotopic (exact) mass is 451 g/mol. The van der Waals surface area contributed by atoms with Gasteiger partial charge in [-0.25, -0.2) is 4.79 Å². The van der Waals surface area contributed by atoms with E-state index < -0.39 is 17.7 Å². The molecule has 2 heterocycles. The highest BCUT2D eigenvalue weighted by molar-refractivity contribution is 6.07. The number of hydrogen-bond donors (Lipinski definition) is 2. The standard InChI is InChI=1S/C26H33N3O4/c1-16(22(30)29-8-6-26(7-9-29)23(31)27-24(32)28-26)33-21-4-2-20(3-5-21)25-13-17-10-18(14-25)12-19(11-17)15-25/h2-5,16-19H,6-15H2,1H3,(H2,27,28,31,32). The van der Waals surface area contributed by atoms with Crippen molar-refractivity contribution >= 4 is 17.8 Å². The largest absolute Gasteiger partial charge is 0.481 e. The van der Waals surface area contributed by atoms with Crippen LogP contribution in [0.25, 0.3) is 0 Å². The first-order valence-electron chi connectivity index (χ1n) is 12.5. The first-order valence-corrected chi connectivity index (χ1v) is 12.5. The molecule has 4 aliphatic carbocycles. The fourth-order valence-corrected chi connectivity index (χ4v) is 7.85. The summed E-state index contributed by atoms with van der Waals surface area (Å²) in [6, 6.07) is 8.06. The lowest BCUT2D eigenvalue weighted by Crippen LogP contribution is -2.57. The summed E-state index contributed by atoms with van der Waals surface area (Å²) in [7, 11) is 0. The number of urea groups is 1. The van der Waals surface area contributed by atoms with Crippen molar-refractivity contribution in [2.75, 3.05) is 13.1 Å². The Bertz CT molecular complexity index is 944. The van der Waals surface area contributed by atoms with E-state index in [4.69, 9.17) is 4.74 Å². The molecule has 0 radical (unpaired) electrons. The number of benzene rings is 1. The molecule has 7 rings (SSSR count). The third-order valence-corrected chi connectivity index (χ3v) is 9.11. The van der Waals surface area contributed by atoms with Crippen LogP contribution < -0.4 is 15.4 Å². The third kappa shape index (κ3) is 3.51. The van der Waals surface area contributed by atoms with Crippen LogP contribution in [0.15, 0.2) is 24.3 Å². The molecule has 2 aliphatic heterocycles. The molecule has 4 amide bonds. The van der Waals surface area contributed by atoms with Crippen LogP contribution in [0.3, 0.4) is 0 Å². The summed E-state index contributed by atoms with van der Waals surface area (Å²) in [5.74, 6) is 3.09. The molecule has 1 aromatic carbocycles. The van der Waals surface area contributed by atoms with Gasteiger partial charge in [0.2, 0.25) is 0 Å². The molecule has 1 aromatic rings. The lowest BCUT2D eigenvalue weighted by atomic mass is 9.48. The van der Waals surface area contributed by atoms with E-state index in [1.54, 1.807) is 11.8 Å². The van der Waals surface area contributed by atoms with E-state index in [0.717, 1.165) is 23.5 Å². The number of likely N-dealkylation sites (tertiary alicyclic amines) is 1. The number of carbonyl (C=O) groups is 3. The predicted molar refractivity (Wildman–Crippen MR) is 122 cm³/mol. The zero-order valence-corrected chi connectivity index (χ0v) is 19.3. The number of nitrogens with zero attached hydrogens (tertiary/aromatic N) is 1. The molecule has 33 heavy (non-hydrogen) atoms. The van der Waals surface area contributed by atoms with Gasteiger partial charge in [-0.3, -0.25) is 14.9 Å². The minimum absolute atomic E-state index is 0.0836. The van der Waals surface area contributed by atoms with Gasteiger partial charge in [-0.05, 0) is 99.2 Å². The van der Waals surface area contributed by atoms with E-state index in [2.05, 4.69) is 22.8 Å². The molecule has 7 nitrogen and oxygen atoms in total. The number of carbonyl (C=O) groups excluding carboxylic acids is 3. The molecule has 6 fully saturated rings. The zero-order chi connectivity index (χ0) is 22.8. The van der Waals surface area contributed by atoms with E-state index in [9.17, 15) is 14.4 Å². The van der Waals surface area contributed by atoms with Crippen LogP contribution in [0.1, 0.15) is 63.9 Å². The highest BCUT2D eigenvalue weighted by Crippen LogP contribution is 2.60. The van der Waals surface area contributed by atoms with Crippen LogP contribution in [-0.2, 0) is 15.0 Å². The van der Waals surface area contributed by atoms with Gasteiger partial charge >= 0.3 is 6.03 Å². The second kappa shape index (κ2) is 7.47. The van der Waals surface area contributed by atoms with Gasteiger partial charge in [-0.15, -0.1) is 0 Å². The van der Waals surface area contributed by atoms with Crippen LogP contribution >= 0.6 is 0 Å². The smallest absolute Gasteiger partial charge is 0.322 e. The lowest BCUT2D eigenvalue weighted by molar-refractivity contribution is -0.141. The Kier molecular flexibility index (Phi) is 4.75. The van der Waals surface area contributed by atoms with Crippen LogP contribution in [0.4, 0.5) is 4.79 Å². The molecule has 6 aliphatic rings. The average Bonchev–Trinajstić information content (AvgIpc) is 3.05. The number of nitrogens with one attached hydrogen (secondary N) is 2.